The molecule has 0 saturated carbocycles. The average Bonchev–Trinajstić information content (AvgIpc) is 2.80. The summed E-state index contributed by atoms with van der Waals surface area (Å²) >= 11 is 0. The zero-order valence-corrected chi connectivity index (χ0v) is 17.0. The molecule has 0 radical (unpaired) electrons. The SMILES string of the molecule is Nc1ccc(C2CCN(C(=O)c3ccc(Oc4ccc(C(F)(F)F)cc4)cc3)CC2)nn1. The van der Waals surface area contributed by atoms with Crippen LogP contribution in [0.4, 0.5) is 19.0 Å². The second-order valence-corrected chi connectivity index (χ2v) is 7.60. The molecule has 0 bridgehead atoms. The van der Waals surface area contributed by atoms with Crippen LogP contribution in [0.5, 0.6) is 11.5 Å². The molecule has 6 nitrogen and oxygen atoms in total. The van der Waals surface area contributed by atoms with Gasteiger partial charge in [0.05, 0.1) is 11.3 Å². The highest BCUT2D eigenvalue weighted by Gasteiger charge is 2.30. The molecule has 0 spiro atoms. The van der Waals surface area contributed by atoms with Gasteiger partial charge in [-0.1, -0.05) is 0 Å². The number of nitrogens with two attached hydrogens (primary N) is 1. The minimum absolute atomic E-state index is 0.0760. The average molecular weight is 442 g/mol. The van der Waals surface area contributed by atoms with Gasteiger partial charge in [0, 0.05) is 24.6 Å². The third-order valence-electron chi connectivity index (χ3n) is 5.42. The molecule has 4 rings (SSSR count). The van der Waals surface area contributed by atoms with E-state index in [1.165, 1.54) is 12.1 Å². The number of amides is 1. The lowest BCUT2D eigenvalue weighted by Gasteiger charge is -2.31. The number of ether oxygens (including phenoxy) is 1. The van der Waals surface area contributed by atoms with Crippen LogP contribution in [0.3, 0.4) is 0 Å². The minimum Gasteiger partial charge on any atom is -0.457 e. The van der Waals surface area contributed by atoms with Gasteiger partial charge in [0.25, 0.3) is 5.91 Å². The Bertz CT molecular complexity index is 1060. The number of nitrogen functional groups attached to an aromatic ring is 1. The third-order valence-corrected chi connectivity index (χ3v) is 5.42. The number of carbonyl (C=O) groups excluding carboxylic acids is 1. The van der Waals surface area contributed by atoms with Crippen LogP contribution in [-0.2, 0) is 6.18 Å². The lowest BCUT2D eigenvalue weighted by molar-refractivity contribution is -0.137. The van der Waals surface area contributed by atoms with Crippen molar-refractivity contribution in [3.05, 3.63) is 77.5 Å². The van der Waals surface area contributed by atoms with Gasteiger partial charge in [0.2, 0.25) is 0 Å². The first kappa shape index (κ1) is 21.6. The van der Waals surface area contributed by atoms with Crippen LogP contribution >= 0.6 is 0 Å². The molecule has 2 aromatic carbocycles. The highest BCUT2D eigenvalue weighted by atomic mass is 19.4. The van der Waals surface area contributed by atoms with Crippen LogP contribution in [0.25, 0.3) is 0 Å². The summed E-state index contributed by atoms with van der Waals surface area (Å²) in [6.07, 6.45) is -2.81. The summed E-state index contributed by atoms with van der Waals surface area (Å²) in [6, 6.07) is 14.6. The molecule has 1 aliphatic heterocycles. The summed E-state index contributed by atoms with van der Waals surface area (Å²) in [5, 5.41) is 8.04. The number of hydrogen-bond donors (Lipinski definition) is 1. The van der Waals surface area contributed by atoms with E-state index in [2.05, 4.69) is 10.2 Å². The molecule has 0 atom stereocenters. The summed E-state index contributed by atoms with van der Waals surface area (Å²) in [6.45, 7) is 1.22. The second kappa shape index (κ2) is 8.86. The summed E-state index contributed by atoms with van der Waals surface area (Å²) < 4.78 is 43.5. The van der Waals surface area contributed by atoms with Crippen LogP contribution in [0.1, 0.15) is 40.4 Å². The number of likely N-dealkylation sites (tertiary alicyclic amines) is 1. The van der Waals surface area contributed by atoms with Crippen molar-refractivity contribution in [1.82, 2.24) is 15.1 Å². The van der Waals surface area contributed by atoms with Crippen molar-refractivity contribution in [3.63, 3.8) is 0 Å². The number of hydrogen-bond acceptors (Lipinski definition) is 5. The van der Waals surface area contributed by atoms with Gasteiger partial charge >= 0.3 is 6.18 Å². The molecule has 0 unspecified atom stereocenters. The fourth-order valence-electron chi connectivity index (χ4n) is 3.65. The van der Waals surface area contributed by atoms with Gasteiger partial charge in [-0.3, -0.25) is 4.79 Å². The number of carbonyl (C=O) groups is 1. The van der Waals surface area contributed by atoms with Gasteiger partial charge < -0.3 is 15.4 Å². The smallest absolute Gasteiger partial charge is 0.416 e. The normalized spacial score (nSPS) is 14.9. The van der Waals surface area contributed by atoms with Gasteiger partial charge in [-0.05, 0) is 73.5 Å². The Morgan fingerprint density at radius 1 is 0.906 bits per heavy atom. The topological polar surface area (TPSA) is 81.3 Å². The third kappa shape index (κ3) is 4.99. The van der Waals surface area contributed by atoms with Crippen molar-refractivity contribution in [2.75, 3.05) is 18.8 Å². The van der Waals surface area contributed by atoms with Crippen LogP contribution < -0.4 is 10.5 Å². The molecule has 1 aromatic heterocycles. The zero-order chi connectivity index (χ0) is 22.7. The molecule has 1 fully saturated rings. The number of alkyl halides is 3. The largest absolute Gasteiger partial charge is 0.457 e. The predicted octanol–water partition coefficient (Wildman–Crippen LogP) is 4.89. The first-order valence-electron chi connectivity index (χ1n) is 10.1. The molecule has 1 aliphatic rings. The van der Waals surface area contributed by atoms with Crippen molar-refractivity contribution in [2.24, 2.45) is 0 Å². The Balaban J connectivity index is 1.34. The van der Waals surface area contributed by atoms with Gasteiger partial charge in [-0.2, -0.15) is 18.3 Å². The van der Waals surface area contributed by atoms with E-state index in [1.54, 1.807) is 35.2 Å². The van der Waals surface area contributed by atoms with Crippen LogP contribution in [-0.4, -0.2) is 34.1 Å². The fourth-order valence-corrected chi connectivity index (χ4v) is 3.65. The molecule has 166 valence electrons. The van der Waals surface area contributed by atoms with Crippen molar-refractivity contribution in [1.29, 1.82) is 0 Å². The quantitative estimate of drug-likeness (QED) is 0.622. The number of anilines is 1. The van der Waals surface area contributed by atoms with Crippen molar-refractivity contribution < 1.29 is 22.7 Å². The van der Waals surface area contributed by atoms with E-state index in [4.69, 9.17) is 10.5 Å². The minimum atomic E-state index is -4.39. The summed E-state index contributed by atoms with van der Waals surface area (Å²) in [5.74, 6) is 1.26. The van der Waals surface area contributed by atoms with Gasteiger partial charge in [-0.15, -0.1) is 5.10 Å². The summed E-state index contributed by atoms with van der Waals surface area (Å²) in [5.41, 5.74) is 6.25. The molecule has 2 N–H and O–H groups in total. The number of aromatic nitrogens is 2. The molecular formula is C23H21F3N4O2. The summed E-state index contributed by atoms with van der Waals surface area (Å²) in [7, 11) is 0. The van der Waals surface area contributed by atoms with E-state index in [9.17, 15) is 18.0 Å². The number of piperidine rings is 1. The fraction of sp³-hybridized carbons (Fsp3) is 0.261. The Hall–Kier alpha value is -3.62. The Morgan fingerprint density at radius 2 is 1.50 bits per heavy atom. The van der Waals surface area contributed by atoms with Gasteiger partial charge in [0.1, 0.15) is 17.3 Å². The molecule has 3 aromatic rings. The highest BCUT2D eigenvalue weighted by molar-refractivity contribution is 5.94. The first-order valence-corrected chi connectivity index (χ1v) is 10.1. The monoisotopic (exact) mass is 442 g/mol. The van der Waals surface area contributed by atoms with Gasteiger partial charge in [-0.25, -0.2) is 0 Å². The van der Waals surface area contributed by atoms with E-state index < -0.39 is 11.7 Å². The van der Waals surface area contributed by atoms with E-state index in [0.29, 0.717) is 30.2 Å². The maximum absolute atomic E-state index is 12.8. The van der Waals surface area contributed by atoms with Crippen molar-refractivity contribution >= 4 is 11.7 Å². The van der Waals surface area contributed by atoms with Crippen LogP contribution in [0.2, 0.25) is 0 Å². The number of halogens is 3. The number of rotatable bonds is 4. The second-order valence-electron chi connectivity index (χ2n) is 7.60. The molecule has 2 heterocycles. The summed E-state index contributed by atoms with van der Waals surface area (Å²) in [4.78, 5) is 14.6. The molecule has 32 heavy (non-hydrogen) atoms. The van der Waals surface area contributed by atoms with Crippen molar-refractivity contribution in [3.8, 4) is 11.5 Å². The van der Waals surface area contributed by atoms with E-state index in [1.807, 2.05) is 6.07 Å². The first-order chi connectivity index (χ1) is 15.3. The lowest BCUT2D eigenvalue weighted by Crippen LogP contribution is -2.38. The molecule has 1 saturated heterocycles. The molecule has 9 heteroatoms. The van der Waals surface area contributed by atoms with Gasteiger partial charge in [0.15, 0.2) is 0 Å². The Labute approximate surface area is 182 Å². The lowest BCUT2D eigenvalue weighted by atomic mass is 9.93. The Kier molecular flexibility index (Phi) is 5.98. The van der Waals surface area contributed by atoms with E-state index >= 15 is 0 Å². The highest BCUT2D eigenvalue weighted by Crippen LogP contribution is 2.32. The maximum atomic E-state index is 12.8. The van der Waals surface area contributed by atoms with Crippen LogP contribution in [0.15, 0.2) is 60.7 Å². The van der Waals surface area contributed by atoms with Crippen molar-refractivity contribution in [2.45, 2.75) is 24.9 Å². The van der Waals surface area contributed by atoms with Crippen LogP contribution in [0, 0.1) is 0 Å². The Morgan fingerprint density at radius 3 is 2.03 bits per heavy atom. The number of benzene rings is 2. The molecular weight excluding hydrogens is 421 g/mol. The predicted molar refractivity (Wildman–Crippen MR) is 112 cm³/mol. The number of nitrogens with zero attached hydrogens (tertiary/aromatic N) is 3. The van der Waals surface area contributed by atoms with E-state index in [-0.39, 0.29) is 17.6 Å². The standard InChI is InChI=1S/C23H21F3N4O2/c24-23(25,26)17-3-7-19(8-4-17)32-18-5-1-16(2-6-18)22(31)30-13-11-15(12-14-30)20-9-10-21(27)29-28-20/h1-10,15H,11-14H2,(H2,27,29). The zero-order valence-electron chi connectivity index (χ0n) is 17.0. The maximum Gasteiger partial charge on any atom is 0.416 e. The molecule has 1 amide bonds. The van der Waals surface area contributed by atoms with E-state index in [0.717, 1.165) is 30.7 Å². The molecule has 0 aliphatic carbocycles.